The van der Waals surface area contributed by atoms with Crippen molar-refractivity contribution >= 4 is 27.8 Å². The second kappa shape index (κ2) is 14.6. The first kappa shape index (κ1) is 31.3. The largest absolute Gasteiger partial charge is 0.488 e. The molecule has 5 aromatic carbocycles. The molecule has 1 unspecified atom stereocenters. The van der Waals surface area contributed by atoms with Crippen LogP contribution in [0.25, 0.3) is 16.8 Å². The van der Waals surface area contributed by atoms with Crippen molar-refractivity contribution in [3.05, 3.63) is 155 Å². The van der Waals surface area contributed by atoms with E-state index < -0.39 is 17.9 Å². The molecular formula is C37H29BrN4O5. The summed E-state index contributed by atoms with van der Waals surface area (Å²) in [6, 6.07) is 36.6. The van der Waals surface area contributed by atoms with E-state index >= 15 is 0 Å². The Balaban J connectivity index is 1.18. The minimum atomic E-state index is -1.04. The Hall–Kier alpha value is -5.74. The van der Waals surface area contributed by atoms with Gasteiger partial charge in [-0.1, -0.05) is 88.7 Å². The number of aliphatic carboxylic acids is 1. The number of ether oxygens (including phenoxy) is 2. The molecule has 0 bridgehead atoms. The third kappa shape index (κ3) is 7.92. The van der Waals surface area contributed by atoms with Gasteiger partial charge in [0, 0.05) is 10.0 Å². The van der Waals surface area contributed by atoms with Crippen molar-refractivity contribution in [3.63, 3.8) is 0 Å². The lowest BCUT2D eigenvalue weighted by Gasteiger charge is -2.20. The van der Waals surface area contributed by atoms with Crippen LogP contribution < -0.4 is 14.8 Å². The predicted molar refractivity (Wildman–Crippen MR) is 181 cm³/mol. The van der Waals surface area contributed by atoms with Gasteiger partial charge < -0.3 is 19.9 Å². The maximum Gasteiger partial charge on any atom is 0.305 e. The first-order chi connectivity index (χ1) is 22.9. The maximum absolute atomic E-state index is 13.6. The minimum Gasteiger partial charge on any atom is -0.488 e. The highest BCUT2D eigenvalue weighted by molar-refractivity contribution is 9.10. The van der Waals surface area contributed by atoms with E-state index in [-0.39, 0.29) is 18.6 Å². The molecule has 0 fully saturated rings. The molecule has 234 valence electrons. The van der Waals surface area contributed by atoms with Gasteiger partial charge >= 0.3 is 5.97 Å². The number of amides is 1. The Morgan fingerprint density at radius 1 is 0.851 bits per heavy atom. The lowest BCUT2D eigenvalue weighted by molar-refractivity contribution is -0.137. The van der Waals surface area contributed by atoms with Gasteiger partial charge in [0.1, 0.15) is 36.5 Å². The molecule has 1 amide bonds. The fraction of sp³-hybridized carbons (Fsp3) is 0.0811. The molecular weight excluding hydrogens is 660 g/mol. The molecule has 1 aromatic heterocycles. The van der Waals surface area contributed by atoms with Crippen molar-refractivity contribution in [2.75, 3.05) is 0 Å². The number of aromatic nitrogens is 3. The van der Waals surface area contributed by atoms with E-state index in [4.69, 9.17) is 9.47 Å². The van der Waals surface area contributed by atoms with Gasteiger partial charge in [-0.3, -0.25) is 9.59 Å². The summed E-state index contributed by atoms with van der Waals surface area (Å²) < 4.78 is 14.5. The van der Waals surface area contributed by atoms with Gasteiger partial charge in [0.25, 0.3) is 5.91 Å². The number of carboxylic acids is 1. The number of benzene rings is 5. The molecule has 0 aliphatic rings. The van der Waals surface area contributed by atoms with Gasteiger partial charge in [-0.15, -0.1) is 0 Å². The number of carboxylic acid groups (broad SMARTS) is 1. The smallest absolute Gasteiger partial charge is 0.305 e. The highest BCUT2D eigenvalue weighted by Gasteiger charge is 2.22. The number of halogens is 1. The Kier molecular flexibility index (Phi) is 9.69. The SMILES string of the molecule is O=C(O)CC(NC(=O)c1cc(Br)ccc1OCc1ccc(-n2cncn2)cc1)c1ccc(-c2ccccc2Oc2ccccc2)cc1. The van der Waals surface area contributed by atoms with Crippen LogP contribution in [0.3, 0.4) is 0 Å². The fourth-order valence-corrected chi connectivity index (χ4v) is 5.38. The van der Waals surface area contributed by atoms with Crippen LogP contribution in [0.15, 0.2) is 138 Å². The van der Waals surface area contributed by atoms with Crippen LogP contribution in [-0.2, 0) is 11.4 Å². The molecule has 10 heteroatoms. The molecule has 6 aromatic rings. The summed E-state index contributed by atoms with van der Waals surface area (Å²) >= 11 is 3.44. The molecule has 47 heavy (non-hydrogen) atoms. The molecule has 1 atom stereocenters. The van der Waals surface area contributed by atoms with E-state index in [0.717, 1.165) is 28.1 Å². The summed E-state index contributed by atoms with van der Waals surface area (Å²) in [6.07, 6.45) is 2.78. The van der Waals surface area contributed by atoms with Gasteiger partial charge in [-0.25, -0.2) is 9.67 Å². The van der Waals surface area contributed by atoms with Crippen LogP contribution >= 0.6 is 15.9 Å². The van der Waals surface area contributed by atoms with Gasteiger partial charge in [-0.2, -0.15) is 5.10 Å². The first-order valence-corrected chi connectivity index (χ1v) is 15.5. The highest BCUT2D eigenvalue weighted by atomic mass is 79.9. The van der Waals surface area contributed by atoms with Crippen LogP contribution in [-0.4, -0.2) is 31.7 Å². The third-order valence-electron chi connectivity index (χ3n) is 7.37. The van der Waals surface area contributed by atoms with Crippen molar-refractivity contribution in [2.24, 2.45) is 0 Å². The molecule has 0 radical (unpaired) electrons. The van der Waals surface area contributed by atoms with Gasteiger partial charge in [0.15, 0.2) is 0 Å². The van der Waals surface area contributed by atoms with Gasteiger partial charge in [-0.05, 0) is 65.2 Å². The van der Waals surface area contributed by atoms with Crippen LogP contribution in [0, 0.1) is 0 Å². The Morgan fingerprint density at radius 2 is 1.60 bits per heavy atom. The molecule has 0 aliphatic carbocycles. The van der Waals surface area contributed by atoms with Gasteiger partial charge in [0.05, 0.1) is 23.7 Å². The fourth-order valence-electron chi connectivity index (χ4n) is 5.02. The third-order valence-corrected chi connectivity index (χ3v) is 7.86. The van der Waals surface area contributed by atoms with Crippen molar-refractivity contribution < 1.29 is 24.2 Å². The summed E-state index contributed by atoms with van der Waals surface area (Å²) in [4.78, 5) is 29.5. The second-order valence-electron chi connectivity index (χ2n) is 10.6. The molecule has 9 nitrogen and oxygen atoms in total. The zero-order valence-electron chi connectivity index (χ0n) is 25.0. The van der Waals surface area contributed by atoms with E-state index in [2.05, 4.69) is 31.3 Å². The van der Waals surface area contributed by atoms with Gasteiger partial charge in [0.2, 0.25) is 0 Å². The van der Waals surface area contributed by atoms with E-state index in [1.54, 1.807) is 29.2 Å². The molecule has 1 heterocycles. The predicted octanol–water partition coefficient (Wildman–Crippen LogP) is 8.01. The van der Waals surface area contributed by atoms with E-state index in [1.807, 2.05) is 103 Å². The second-order valence-corrected chi connectivity index (χ2v) is 11.5. The zero-order valence-corrected chi connectivity index (χ0v) is 26.6. The van der Waals surface area contributed by atoms with Crippen molar-refractivity contribution in [2.45, 2.75) is 19.1 Å². The molecule has 0 aliphatic heterocycles. The van der Waals surface area contributed by atoms with E-state index in [9.17, 15) is 14.7 Å². The average molecular weight is 690 g/mol. The standard InChI is InChI=1S/C37H29BrN4O5/c38-28-16-19-34(46-22-25-10-17-29(18-11-25)42-24-39-23-40-42)32(20-28)37(45)41-33(21-36(43)44)27-14-12-26(13-15-27)31-8-4-5-9-35(31)47-30-6-2-1-3-7-30/h1-20,23-24,33H,21-22H2,(H,41,45)(H,43,44). The van der Waals surface area contributed by atoms with Crippen molar-refractivity contribution in [3.8, 4) is 34.1 Å². The first-order valence-electron chi connectivity index (χ1n) is 14.7. The van der Waals surface area contributed by atoms with E-state index in [0.29, 0.717) is 21.5 Å². The Bertz CT molecular complexity index is 1970. The number of nitrogens with zero attached hydrogens (tertiary/aromatic N) is 3. The number of rotatable bonds is 12. The van der Waals surface area contributed by atoms with Crippen LogP contribution in [0.1, 0.15) is 33.9 Å². The molecule has 0 saturated heterocycles. The zero-order chi connectivity index (χ0) is 32.6. The van der Waals surface area contributed by atoms with Crippen LogP contribution in [0.5, 0.6) is 17.2 Å². The van der Waals surface area contributed by atoms with Crippen molar-refractivity contribution in [1.82, 2.24) is 20.1 Å². The normalized spacial score (nSPS) is 11.4. The highest BCUT2D eigenvalue weighted by Crippen LogP contribution is 2.34. The molecule has 6 rings (SSSR count). The average Bonchev–Trinajstić information content (AvgIpc) is 3.64. The Morgan fingerprint density at radius 3 is 2.32 bits per heavy atom. The monoisotopic (exact) mass is 688 g/mol. The number of para-hydroxylation sites is 2. The summed E-state index contributed by atoms with van der Waals surface area (Å²) in [5, 5.41) is 16.8. The summed E-state index contributed by atoms with van der Waals surface area (Å²) in [7, 11) is 0. The number of hydrogen-bond acceptors (Lipinski definition) is 6. The number of nitrogens with one attached hydrogen (secondary N) is 1. The number of hydrogen-bond donors (Lipinski definition) is 2. The van der Waals surface area contributed by atoms with Crippen molar-refractivity contribution in [1.29, 1.82) is 0 Å². The Labute approximate surface area is 279 Å². The number of carbonyl (C=O) groups excluding carboxylic acids is 1. The quantitative estimate of drug-likeness (QED) is 0.134. The molecule has 0 saturated carbocycles. The maximum atomic E-state index is 13.6. The lowest BCUT2D eigenvalue weighted by atomic mass is 9.98. The van der Waals surface area contributed by atoms with Crippen LogP contribution in [0.4, 0.5) is 0 Å². The van der Waals surface area contributed by atoms with Crippen LogP contribution in [0.2, 0.25) is 0 Å². The summed E-state index contributed by atoms with van der Waals surface area (Å²) in [5.74, 6) is 0.277. The minimum absolute atomic E-state index is 0.217. The topological polar surface area (TPSA) is 116 Å². The summed E-state index contributed by atoms with van der Waals surface area (Å²) in [5.41, 5.74) is 4.44. The van der Waals surface area contributed by atoms with E-state index in [1.165, 1.54) is 6.33 Å². The lowest BCUT2D eigenvalue weighted by Crippen LogP contribution is -2.30. The molecule has 2 N–H and O–H groups in total. The number of carbonyl (C=O) groups is 2. The molecule has 0 spiro atoms. The summed E-state index contributed by atoms with van der Waals surface area (Å²) in [6.45, 7) is 0.217.